The number of benzene rings is 8. The molecule has 0 radical (unpaired) electrons. The molecule has 10 aromatic rings. The third-order valence-electron chi connectivity index (χ3n) is 11.7. The maximum absolute atomic E-state index is 5.36. The second-order valence-electron chi connectivity index (χ2n) is 15.9. The SMILES string of the molecule is CC1(C)c2ccccc2-c2c(-c3cccc4c5c6ccccc6ccc5n(-c5nc(-c6ccccc6)nc(-c6ccc(-c7ccccc7)cc6)n5)c34)cccc21.CCC. The molecule has 4 heteroatoms. The summed E-state index contributed by atoms with van der Waals surface area (Å²) in [5.41, 5.74) is 13.8. The van der Waals surface area contributed by atoms with E-state index in [0.29, 0.717) is 17.6 Å². The summed E-state index contributed by atoms with van der Waals surface area (Å²) in [6, 6.07) is 64.8. The molecule has 0 bridgehead atoms. The summed E-state index contributed by atoms with van der Waals surface area (Å²) in [7, 11) is 0. The predicted octanol–water partition coefficient (Wildman–Crippen LogP) is 14.5. The van der Waals surface area contributed by atoms with Crippen molar-refractivity contribution in [2.75, 3.05) is 0 Å². The molecule has 4 nitrogen and oxygen atoms in total. The van der Waals surface area contributed by atoms with Crippen LogP contribution in [0.15, 0.2) is 182 Å². The molecule has 284 valence electrons. The van der Waals surface area contributed by atoms with Crippen LogP contribution in [0.2, 0.25) is 0 Å². The number of rotatable bonds is 5. The molecule has 0 aliphatic heterocycles. The van der Waals surface area contributed by atoms with Gasteiger partial charge in [0.2, 0.25) is 5.95 Å². The largest absolute Gasteiger partial charge is 0.277 e. The average molecular weight is 761 g/mol. The van der Waals surface area contributed by atoms with Gasteiger partial charge in [0.1, 0.15) is 0 Å². The van der Waals surface area contributed by atoms with Crippen molar-refractivity contribution in [2.24, 2.45) is 0 Å². The summed E-state index contributed by atoms with van der Waals surface area (Å²) in [6.07, 6.45) is 1.25. The Kier molecular flexibility index (Phi) is 8.98. The first-order valence-corrected chi connectivity index (χ1v) is 20.6. The molecule has 1 aliphatic rings. The standard InChI is InChI=1S/C52H36N4.C3H8/c1-52(2)43-25-12-11-21-41(43)46-39(22-14-26-44(46)52)40-23-13-24-42-47-38-20-10-9-17-35(38)31-32-45(47)56(48(40)42)51-54-49(36-18-7-4-8-19-36)53-50(55-51)37-29-27-34(28-30-37)33-15-5-3-6-16-33;1-3-2/h3-32H,1-2H3;3H2,1-2H3. The lowest BCUT2D eigenvalue weighted by Gasteiger charge is -2.21. The van der Waals surface area contributed by atoms with E-state index in [-0.39, 0.29) is 5.41 Å². The fourth-order valence-electron chi connectivity index (χ4n) is 8.99. The molecule has 0 atom stereocenters. The van der Waals surface area contributed by atoms with Crippen molar-refractivity contribution in [1.82, 2.24) is 19.5 Å². The minimum Gasteiger partial charge on any atom is -0.277 e. The number of nitrogens with zero attached hydrogens (tertiary/aromatic N) is 4. The Bertz CT molecular complexity index is 3160. The lowest BCUT2D eigenvalue weighted by atomic mass is 9.82. The maximum atomic E-state index is 5.36. The molecular weight excluding hydrogens is 717 g/mol. The fourth-order valence-corrected chi connectivity index (χ4v) is 8.99. The summed E-state index contributed by atoms with van der Waals surface area (Å²) >= 11 is 0. The highest BCUT2D eigenvalue weighted by atomic mass is 15.2. The van der Waals surface area contributed by atoms with Crippen molar-refractivity contribution >= 4 is 32.6 Å². The first kappa shape index (κ1) is 36.2. The molecule has 0 amide bonds. The molecule has 59 heavy (non-hydrogen) atoms. The van der Waals surface area contributed by atoms with E-state index in [0.717, 1.165) is 38.7 Å². The van der Waals surface area contributed by atoms with Gasteiger partial charge in [-0.3, -0.25) is 4.57 Å². The van der Waals surface area contributed by atoms with Crippen molar-refractivity contribution in [2.45, 2.75) is 39.5 Å². The van der Waals surface area contributed by atoms with Crippen LogP contribution in [-0.4, -0.2) is 19.5 Å². The van der Waals surface area contributed by atoms with Gasteiger partial charge in [-0.25, -0.2) is 4.98 Å². The zero-order chi connectivity index (χ0) is 40.1. The quantitative estimate of drug-likeness (QED) is 0.175. The topological polar surface area (TPSA) is 43.6 Å². The van der Waals surface area contributed by atoms with E-state index in [1.807, 2.05) is 24.3 Å². The summed E-state index contributed by atoms with van der Waals surface area (Å²) in [4.78, 5) is 15.8. The van der Waals surface area contributed by atoms with E-state index in [9.17, 15) is 0 Å². The molecule has 2 aromatic heterocycles. The molecule has 0 fully saturated rings. The number of fused-ring (bicyclic) bond motifs is 8. The number of para-hydroxylation sites is 1. The van der Waals surface area contributed by atoms with E-state index >= 15 is 0 Å². The van der Waals surface area contributed by atoms with Crippen LogP contribution in [-0.2, 0) is 5.41 Å². The first-order valence-electron chi connectivity index (χ1n) is 20.6. The third kappa shape index (κ3) is 6.03. The summed E-state index contributed by atoms with van der Waals surface area (Å²) in [5.74, 6) is 1.83. The minimum atomic E-state index is -0.123. The van der Waals surface area contributed by atoms with E-state index in [4.69, 9.17) is 15.0 Å². The third-order valence-corrected chi connectivity index (χ3v) is 11.7. The van der Waals surface area contributed by atoms with Gasteiger partial charge in [-0.15, -0.1) is 0 Å². The molecule has 1 aliphatic carbocycles. The van der Waals surface area contributed by atoms with Crippen LogP contribution in [0.3, 0.4) is 0 Å². The van der Waals surface area contributed by atoms with Crippen LogP contribution in [0.5, 0.6) is 0 Å². The van der Waals surface area contributed by atoms with Gasteiger partial charge in [0, 0.05) is 32.9 Å². The highest BCUT2D eigenvalue weighted by Gasteiger charge is 2.37. The van der Waals surface area contributed by atoms with E-state index < -0.39 is 0 Å². The van der Waals surface area contributed by atoms with Crippen molar-refractivity contribution < 1.29 is 0 Å². The summed E-state index contributed by atoms with van der Waals surface area (Å²) in [6.45, 7) is 8.93. The number of aromatic nitrogens is 4. The van der Waals surface area contributed by atoms with Gasteiger partial charge in [0.25, 0.3) is 0 Å². The fraction of sp³-hybridized carbons (Fsp3) is 0.109. The van der Waals surface area contributed by atoms with Gasteiger partial charge in [-0.05, 0) is 55.8 Å². The van der Waals surface area contributed by atoms with Gasteiger partial charge in [0.15, 0.2) is 11.6 Å². The molecule has 0 N–H and O–H groups in total. The Morgan fingerprint density at radius 1 is 0.441 bits per heavy atom. The normalized spacial score (nSPS) is 12.6. The Hall–Kier alpha value is -7.17. The highest BCUT2D eigenvalue weighted by molar-refractivity contribution is 6.23. The van der Waals surface area contributed by atoms with E-state index in [1.54, 1.807) is 0 Å². The molecule has 0 unspecified atom stereocenters. The lowest BCUT2D eigenvalue weighted by Crippen LogP contribution is -2.14. The summed E-state index contributed by atoms with van der Waals surface area (Å²) in [5, 5.41) is 4.74. The molecule has 11 rings (SSSR count). The maximum Gasteiger partial charge on any atom is 0.238 e. The van der Waals surface area contributed by atoms with Crippen LogP contribution < -0.4 is 0 Å². The second kappa shape index (κ2) is 14.6. The van der Waals surface area contributed by atoms with Gasteiger partial charge in [-0.1, -0.05) is 210 Å². The van der Waals surface area contributed by atoms with Crippen molar-refractivity contribution in [3.05, 3.63) is 193 Å². The molecule has 2 heterocycles. The molecule has 0 saturated carbocycles. The van der Waals surface area contributed by atoms with Crippen LogP contribution in [0.25, 0.3) is 94.7 Å². The van der Waals surface area contributed by atoms with Crippen LogP contribution >= 0.6 is 0 Å². The number of hydrogen-bond acceptors (Lipinski definition) is 3. The number of hydrogen-bond donors (Lipinski definition) is 0. The van der Waals surface area contributed by atoms with Crippen molar-refractivity contribution in [3.8, 4) is 62.1 Å². The first-order chi connectivity index (χ1) is 29.0. The highest BCUT2D eigenvalue weighted by Crippen LogP contribution is 2.53. The lowest BCUT2D eigenvalue weighted by molar-refractivity contribution is 0.660. The van der Waals surface area contributed by atoms with Crippen LogP contribution in [0.4, 0.5) is 0 Å². The smallest absolute Gasteiger partial charge is 0.238 e. The van der Waals surface area contributed by atoms with E-state index in [2.05, 4.69) is 190 Å². The minimum absolute atomic E-state index is 0.123. The summed E-state index contributed by atoms with van der Waals surface area (Å²) < 4.78 is 2.29. The zero-order valence-electron chi connectivity index (χ0n) is 33.8. The van der Waals surface area contributed by atoms with Gasteiger partial charge in [-0.2, -0.15) is 9.97 Å². The zero-order valence-corrected chi connectivity index (χ0v) is 33.8. The average Bonchev–Trinajstić information content (AvgIpc) is 3.76. The van der Waals surface area contributed by atoms with Crippen LogP contribution in [0, 0.1) is 0 Å². The van der Waals surface area contributed by atoms with Crippen molar-refractivity contribution in [1.29, 1.82) is 0 Å². The molecular formula is C55H44N4. The van der Waals surface area contributed by atoms with Gasteiger partial charge >= 0.3 is 0 Å². The van der Waals surface area contributed by atoms with Gasteiger partial charge < -0.3 is 0 Å². The Morgan fingerprint density at radius 2 is 0.966 bits per heavy atom. The molecule has 0 spiro atoms. The monoisotopic (exact) mass is 760 g/mol. The van der Waals surface area contributed by atoms with E-state index in [1.165, 1.54) is 56.0 Å². The Labute approximate surface area is 345 Å². The van der Waals surface area contributed by atoms with Crippen LogP contribution in [0.1, 0.15) is 45.2 Å². The van der Waals surface area contributed by atoms with Crippen molar-refractivity contribution in [3.63, 3.8) is 0 Å². The Balaban J connectivity index is 0.00000136. The molecule has 0 saturated heterocycles. The van der Waals surface area contributed by atoms with Gasteiger partial charge in [0.05, 0.1) is 11.0 Å². The predicted molar refractivity (Wildman–Crippen MR) is 247 cm³/mol. The Morgan fingerprint density at radius 3 is 1.71 bits per heavy atom. The molecule has 8 aromatic carbocycles. The second-order valence-corrected chi connectivity index (χ2v) is 15.9.